The smallest absolute Gasteiger partial charge is 0.220 e. The second-order valence-corrected chi connectivity index (χ2v) is 9.56. The van der Waals surface area contributed by atoms with Gasteiger partial charge in [0.15, 0.2) is 5.96 Å². The van der Waals surface area contributed by atoms with Crippen molar-refractivity contribution in [1.82, 2.24) is 15.5 Å². The highest BCUT2D eigenvalue weighted by atomic mass is 127. The average molecular weight is 531 g/mol. The topological polar surface area (TPSA) is 56.7 Å². The molecule has 2 fully saturated rings. The summed E-state index contributed by atoms with van der Waals surface area (Å²) in [6.07, 6.45) is 7.88. The van der Waals surface area contributed by atoms with Crippen molar-refractivity contribution in [3.63, 3.8) is 0 Å². The second-order valence-electron chi connectivity index (χ2n) is 8.01. The number of hydrogen-bond donors (Lipinski definition) is 2. The van der Waals surface area contributed by atoms with E-state index in [1.165, 1.54) is 30.6 Å². The number of benzene rings is 1. The molecule has 0 bridgehead atoms. The van der Waals surface area contributed by atoms with Gasteiger partial charge in [-0.3, -0.25) is 9.79 Å². The Morgan fingerprint density at radius 3 is 2.45 bits per heavy atom. The number of carbonyl (C=O) groups excluding carboxylic acids is 1. The molecule has 1 saturated heterocycles. The minimum Gasteiger partial charge on any atom is -0.359 e. The van der Waals surface area contributed by atoms with Gasteiger partial charge in [-0.25, -0.2) is 0 Å². The number of piperidine rings is 1. The van der Waals surface area contributed by atoms with E-state index >= 15 is 0 Å². The molecule has 1 aliphatic carbocycles. The number of rotatable bonds is 6. The number of likely N-dealkylation sites (tertiary alicyclic amines) is 1. The number of hydrogen-bond acceptors (Lipinski definition) is 3. The highest BCUT2D eigenvalue weighted by Gasteiger charge is 2.35. The zero-order valence-electron chi connectivity index (χ0n) is 17.7. The first kappa shape index (κ1) is 24.3. The third-order valence-corrected chi connectivity index (χ3v) is 7.53. The molecular formula is C22H35IN4OS. The minimum absolute atomic E-state index is 0. The van der Waals surface area contributed by atoms with E-state index in [4.69, 9.17) is 0 Å². The third-order valence-electron chi connectivity index (χ3n) is 6.04. The monoisotopic (exact) mass is 530 g/mol. The van der Waals surface area contributed by atoms with Gasteiger partial charge < -0.3 is 15.5 Å². The molecule has 1 aromatic carbocycles. The lowest BCUT2D eigenvalue weighted by molar-refractivity contribution is -0.121. The first-order valence-corrected chi connectivity index (χ1v) is 11.4. The molecular weight excluding hydrogens is 495 g/mol. The van der Waals surface area contributed by atoms with Crippen molar-refractivity contribution in [3.8, 4) is 0 Å². The highest BCUT2D eigenvalue weighted by molar-refractivity contribution is 14.0. The Labute approximate surface area is 196 Å². The van der Waals surface area contributed by atoms with Crippen LogP contribution in [0.4, 0.5) is 0 Å². The van der Waals surface area contributed by atoms with Crippen molar-refractivity contribution in [2.45, 2.75) is 54.6 Å². The molecule has 5 nitrogen and oxygen atoms in total. The van der Waals surface area contributed by atoms with Crippen LogP contribution < -0.4 is 10.6 Å². The first-order chi connectivity index (χ1) is 13.6. The van der Waals surface area contributed by atoms with Crippen LogP contribution in [0.15, 0.2) is 40.2 Å². The van der Waals surface area contributed by atoms with E-state index < -0.39 is 0 Å². The van der Waals surface area contributed by atoms with Crippen LogP contribution in [0.3, 0.4) is 0 Å². The molecule has 2 aliphatic rings. The number of guanidine groups is 1. The summed E-state index contributed by atoms with van der Waals surface area (Å²) < 4.78 is 0.259. The summed E-state index contributed by atoms with van der Waals surface area (Å²) in [4.78, 5) is 19.9. The highest BCUT2D eigenvalue weighted by Crippen LogP contribution is 2.44. The van der Waals surface area contributed by atoms with E-state index in [0.29, 0.717) is 12.3 Å². The van der Waals surface area contributed by atoms with Crippen LogP contribution in [0.2, 0.25) is 0 Å². The van der Waals surface area contributed by atoms with Crippen LogP contribution in [-0.2, 0) is 4.79 Å². The molecule has 0 aromatic heterocycles. The molecule has 2 N–H and O–H groups in total. The van der Waals surface area contributed by atoms with Gasteiger partial charge in [0.25, 0.3) is 0 Å². The maximum Gasteiger partial charge on any atom is 0.220 e. The zero-order chi connectivity index (χ0) is 19.8. The summed E-state index contributed by atoms with van der Waals surface area (Å²) in [6.45, 7) is 2.90. The van der Waals surface area contributed by atoms with Gasteiger partial charge in [-0.15, -0.1) is 35.7 Å². The Balaban J connectivity index is 0.00000300. The molecule has 3 rings (SSSR count). The van der Waals surface area contributed by atoms with Crippen molar-refractivity contribution >= 4 is 47.6 Å². The van der Waals surface area contributed by atoms with Crippen LogP contribution >= 0.6 is 35.7 Å². The van der Waals surface area contributed by atoms with Gasteiger partial charge in [-0.05, 0) is 43.7 Å². The van der Waals surface area contributed by atoms with E-state index in [1.54, 1.807) is 7.05 Å². The Morgan fingerprint density at radius 2 is 1.86 bits per heavy atom. The molecule has 162 valence electrons. The summed E-state index contributed by atoms with van der Waals surface area (Å²) in [5, 5.41) is 6.43. The lowest BCUT2D eigenvalue weighted by Crippen LogP contribution is -2.49. The number of carbonyl (C=O) groups is 1. The van der Waals surface area contributed by atoms with Gasteiger partial charge in [0.1, 0.15) is 0 Å². The standard InChI is InChI=1S/C22H34N4OS.HI/c1-23-20(27)16-18-10-14-26(15-11-18)21(24-2)25-17-22(12-6-7-13-22)28-19-8-4-3-5-9-19;/h3-5,8-9,18H,6-7,10-17H2,1-2H3,(H,23,27)(H,24,25);1H. The minimum atomic E-state index is 0. The van der Waals surface area contributed by atoms with Crippen molar-refractivity contribution in [2.75, 3.05) is 33.7 Å². The Morgan fingerprint density at radius 1 is 1.21 bits per heavy atom. The summed E-state index contributed by atoms with van der Waals surface area (Å²) in [6, 6.07) is 10.8. The molecule has 0 spiro atoms. The van der Waals surface area contributed by atoms with Gasteiger partial charge in [-0.2, -0.15) is 0 Å². The van der Waals surface area contributed by atoms with Crippen molar-refractivity contribution in [2.24, 2.45) is 10.9 Å². The fourth-order valence-corrected chi connectivity index (χ4v) is 5.79. The molecule has 0 atom stereocenters. The number of nitrogens with zero attached hydrogens (tertiary/aromatic N) is 2. The maximum absolute atomic E-state index is 11.6. The van der Waals surface area contributed by atoms with Crippen molar-refractivity contribution in [1.29, 1.82) is 0 Å². The molecule has 1 saturated carbocycles. The molecule has 1 aliphatic heterocycles. The van der Waals surface area contributed by atoms with Crippen LogP contribution in [0, 0.1) is 5.92 Å². The lowest BCUT2D eigenvalue weighted by Gasteiger charge is -2.36. The lowest BCUT2D eigenvalue weighted by atomic mass is 9.93. The third kappa shape index (κ3) is 7.05. The van der Waals surface area contributed by atoms with Crippen LogP contribution in [0.25, 0.3) is 0 Å². The molecule has 29 heavy (non-hydrogen) atoms. The second kappa shape index (κ2) is 12.0. The number of aliphatic imine (C=N–C) groups is 1. The largest absolute Gasteiger partial charge is 0.359 e. The van der Waals surface area contributed by atoms with E-state index in [0.717, 1.165) is 38.4 Å². The van der Waals surface area contributed by atoms with E-state index in [-0.39, 0.29) is 34.6 Å². The number of thioether (sulfide) groups is 1. The first-order valence-electron chi connectivity index (χ1n) is 10.5. The van der Waals surface area contributed by atoms with Gasteiger partial charge in [0, 0.05) is 49.8 Å². The summed E-state index contributed by atoms with van der Waals surface area (Å²) in [5.74, 6) is 1.66. The van der Waals surface area contributed by atoms with Crippen LogP contribution in [0.1, 0.15) is 44.9 Å². The van der Waals surface area contributed by atoms with Gasteiger partial charge in [-0.1, -0.05) is 31.0 Å². The molecule has 1 heterocycles. The Bertz CT molecular complexity index is 656. The molecule has 7 heteroatoms. The predicted molar refractivity (Wildman–Crippen MR) is 133 cm³/mol. The number of nitrogens with one attached hydrogen (secondary N) is 2. The van der Waals surface area contributed by atoms with Crippen molar-refractivity contribution < 1.29 is 4.79 Å². The fraction of sp³-hybridized carbons (Fsp3) is 0.636. The Hall–Kier alpha value is -0.960. The van der Waals surface area contributed by atoms with Gasteiger partial charge in [0.05, 0.1) is 0 Å². The normalized spacial score (nSPS) is 19.5. The molecule has 0 unspecified atom stereocenters. The molecule has 0 radical (unpaired) electrons. The van der Waals surface area contributed by atoms with Gasteiger partial charge in [0.2, 0.25) is 5.91 Å². The summed E-state index contributed by atoms with van der Waals surface area (Å²) in [7, 11) is 3.60. The summed E-state index contributed by atoms with van der Waals surface area (Å²) in [5.41, 5.74) is 0. The fourth-order valence-electron chi connectivity index (χ4n) is 4.36. The van der Waals surface area contributed by atoms with E-state index in [2.05, 4.69) is 50.9 Å². The number of amides is 1. The predicted octanol–water partition coefficient (Wildman–Crippen LogP) is 4.13. The van der Waals surface area contributed by atoms with Crippen LogP contribution in [0.5, 0.6) is 0 Å². The molecule has 1 aromatic rings. The summed E-state index contributed by atoms with van der Waals surface area (Å²) >= 11 is 2.03. The molecule has 1 amide bonds. The van der Waals surface area contributed by atoms with Gasteiger partial charge >= 0.3 is 0 Å². The average Bonchev–Trinajstić information content (AvgIpc) is 3.18. The van der Waals surface area contributed by atoms with Crippen LogP contribution in [-0.4, -0.2) is 55.2 Å². The zero-order valence-corrected chi connectivity index (χ0v) is 20.8. The Kier molecular flexibility index (Phi) is 10.1. The quantitative estimate of drug-likeness (QED) is 0.330. The number of halogens is 1. The maximum atomic E-state index is 11.6. The SMILES string of the molecule is CN=C(NCC1(Sc2ccccc2)CCCC1)N1CCC(CC(=O)NC)CC1.I. The van der Waals surface area contributed by atoms with E-state index in [9.17, 15) is 4.79 Å². The van der Waals surface area contributed by atoms with Crippen molar-refractivity contribution in [3.05, 3.63) is 30.3 Å². The van der Waals surface area contributed by atoms with E-state index in [1.807, 2.05) is 18.8 Å².